The van der Waals surface area contributed by atoms with Crippen molar-refractivity contribution < 1.29 is 0 Å². The maximum absolute atomic E-state index is 4.08. The predicted octanol–water partition coefficient (Wildman–Crippen LogP) is 5.45. The van der Waals surface area contributed by atoms with E-state index in [2.05, 4.69) is 29.0 Å². The Labute approximate surface area is 125 Å². The first kappa shape index (κ1) is 20.6. The molecule has 2 nitrogen and oxygen atoms in total. The van der Waals surface area contributed by atoms with E-state index < -0.39 is 0 Å². The molecule has 0 aliphatic rings. The maximum atomic E-state index is 4.08. The van der Waals surface area contributed by atoms with Crippen LogP contribution < -0.4 is 0 Å². The van der Waals surface area contributed by atoms with Crippen molar-refractivity contribution in [2.45, 2.75) is 55.4 Å². The molecule has 0 aromatic carbocycles. The van der Waals surface area contributed by atoms with E-state index >= 15 is 0 Å². The summed E-state index contributed by atoms with van der Waals surface area (Å²) in [5, 5.41) is 0. The van der Waals surface area contributed by atoms with Gasteiger partial charge >= 0.3 is 0 Å². The lowest BCUT2D eigenvalue weighted by molar-refractivity contribution is 1.17. The van der Waals surface area contributed by atoms with Gasteiger partial charge in [0.25, 0.3) is 0 Å². The molecule has 2 aromatic rings. The minimum Gasteiger partial charge on any atom is -0.262 e. The van der Waals surface area contributed by atoms with Crippen molar-refractivity contribution in [2.24, 2.45) is 0 Å². The normalized spacial score (nSPS) is 8.00. The second-order valence-corrected chi connectivity index (χ2v) is 3.95. The lowest BCUT2D eigenvalue weighted by Gasteiger charge is -1.90. The third kappa shape index (κ3) is 11.4. The summed E-state index contributed by atoms with van der Waals surface area (Å²) in [6.45, 7) is 16.1. The summed E-state index contributed by atoms with van der Waals surface area (Å²) < 4.78 is 0. The number of aromatic nitrogens is 2. The number of aryl methyl sites for hydroxylation is 4. The monoisotopic (exact) mass is 274 g/mol. The van der Waals surface area contributed by atoms with E-state index in [0.717, 1.165) is 11.4 Å². The number of pyridine rings is 2. The lowest BCUT2D eigenvalue weighted by atomic mass is 10.3. The fourth-order valence-corrected chi connectivity index (χ4v) is 1.23. The molecule has 0 saturated carbocycles. The maximum Gasteiger partial charge on any atom is 0.0375 e. The van der Waals surface area contributed by atoms with Crippen molar-refractivity contribution in [1.29, 1.82) is 0 Å². The lowest BCUT2D eigenvalue weighted by Crippen LogP contribution is -1.78. The van der Waals surface area contributed by atoms with E-state index in [1.54, 1.807) is 0 Å². The van der Waals surface area contributed by atoms with E-state index in [9.17, 15) is 0 Å². The molecule has 20 heavy (non-hydrogen) atoms. The Morgan fingerprint density at radius 2 is 1.25 bits per heavy atom. The highest BCUT2D eigenvalue weighted by atomic mass is 14.7. The van der Waals surface area contributed by atoms with Crippen LogP contribution in [-0.2, 0) is 0 Å². The summed E-state index contributed by atoms with van der Waals surface area (Å²) in [4.78, 5) is 8.12. The van der Waals surface area contributed by atoms with Crippen LogP contribution in [0.1, 0.15) is 50.2 Å². The topological polar surface area (TPSA) is 25.8 Å². The molecule has 2 heterocycles. The van der Waals surface area contributed by atoms with Crippen molar-refractivity contribution in [1.82, 2.24) is 9.97 Å². The Hall–Kier alpha value is -1.70. The standard InChI is InChI=1S/2C7H9N.2C2H6/c1-6-3-4-8-7(2)5-6;1-6-3-4-7(2)8-5-6;2*1-2/h2*3-5H,1-2H3;2*1-2H3. The molecule has 2 rings (SSSR count). The quantitative estimate of drug-likeness (QED) is 0.638. The Balaban J connectivity index is 0. The van der Waals surface area contributed by atoms with Gasteiger partial charge in [-0.25, -0.2) is 0 Å². The third-order valence-corrected chi connectivity index (χ3v) is 2.11. The van der Waals surface area contributed by atoms with Crippen molar-refractivity contribution >= 4 is 0 Å². The zero-order valence-corrected chi connectivity index (χ0v) is 14.4. The molecule has 112 valence electrons. The SMILES string of the molecule is CC.CC.Cc1ccc(C)nc1.Cc1ccnc(C)c1. The highest BCUT2D eigenvalue weighted by molar-refractivity contribution is 5.12. The summed E-state index contributed by atoms with van der Waals surface area (Å²) in [5.41, 5.74) is 4.66. The summed E-state index contributed by atoms with van der Waals surface area (Å²) in [5.74, 6) is 0. The highest BCUT2D eigenvalue weighted by Gasteiger charge is 1.82. The molecule has 0 radical (unpaired) electrons. The highest BCUT2D eigenvalue weighted by Crippen LogP contribution is 1.96. The van der Waals surface area contributed by atoms with Gasteiger partial charge in [0.1, 0.15) is 0 Å². The van der Waals surface area contributed by atoms with Crippen LogP contribution in [0.25, 0.3) is 0 Å². The van der Waals surface area contributed by atoms with Crippen LogP contribution >= 0.6 is 0 Å². The van der Waals surface area contributed by atoms with Gasteiger partial charge in [-0.2, -0.15) is 0 Å². The second-order valence-electron chi connectivity index (χ2n) is 3.95. The molecule has 0 fully saturated rings. The average molecular weight is 274 g/mol. The molecule has 2 aromatic heterocycles. The summed E-state index contributed by atoms with van der Waals surface area (Å²) in [6.07, 6.45) is 3.69. The van der Waals surface area contributed by atoms with Crippen molar-refractivity contribution in [3.63, 3.8) is 0 Å². The van der Waals surface area contributed by atoms with Crippen molar-refractivity contribution in [2.75, 3.05) is 0 Å². The van der Waals surface area contributed by atoms with Crippen molar-refractivity contribution in [3.8, 4) is 0 Å². The summed E-state index contributed by atoms with van der Waals surface area (Å²) in [6, 6.07) is 8.12. The zero-order valence-electron chi connectivity index (χ0n) is 14.4. The van der Waals surface area contributed by atoms with Crippen LogP contribution in [0, 0.1) is 27.7 Å². The summed E-state index contributed by atoms with van der Waals surface area (Å²) >= 11 is 0. The second kappa shape index (κ2) is 13.7. The Morgan fingerprint density at radius 3 is 1.55 bits per heavy atom. The van der Waals surface area contributed by atoms with Crippen LogP contribution in [0.2, 0.25) is 0 Å². The van der Waals surface area contributed by atoms with Gasteiger partial charge in [0.15, 0.2) is 0 Å². The van der Waals surface area contributed by atoms with Crippen LogP contribution in [0.5, 0.6) is 0 Å². The number of rotatable bonds is 0. The van der Waals surface area contributed by atoms with Gasteiger partial charge in [-0.15, -0.1) is 0 Å². The van der Waals surface area contributed by atoms with E-state index in [1.807, 2.05) is 73.0 Å². The molecule has 0 N–H and O–H groups in total. The van der Waals surface area contributed by atoms with Crippen LogP contribution in [-0.4, -0.2) is 9.97 Å². The van der Waals surface area contributed by atoms with Gasteiger partial charge in [-0.3, -0.25) is 9.97 Å². The Morgan fingerprint density at radius 1 is 0.650 bits per heavy atom. The van der Waals surface area contributed by atoms with Gasteiger partial charge in [0.05, 0.1) is 0 Å². The minimum absolute atomic E-state index is 1.08. The van der Waals surface area contributed by atoms with Gasteiger partial charge in [0, 0.05) is 23.8 Å². The van der Waals surface area contributed by atoms with Gasteiger partial charge in [-0.1, -0.05) is 33.8 Å². The molecule has 0 aliphatic carbocycles. The zero-order chi connectivity index (χ0) is 16.0. The van der Waals surface area contributed by atoms with Crippen molar-refractivity contribution in [3.05, 3.63) is 59.2 Å². The molecule has 0 bridgehead atoms. The largest absolute Gasteiger partial charge is 0.262 e. The molecule has 2 heteroatoms. The van der Waals surface area contributed by atoms with E-state index in [0.29, 0.717) is 0 Å². The first-order chi connectivity index (χ1) is 9.58. The molecular weight excluding hydrogens is 244 g/mol. The number of nitrogens with zero attached hydrogens (tertiary/aromatic N) is 2. The van der Waals surface area contributed by atoms with Crippen LogP contribution in [0.4, 0.5) is 0 Å². The van der Waals surface area contributed by atoms with E-state index in [-0.39, 0.29) is 0 Å². The van der Waals surface area contributed by atoms with E-state index in [1.165, 1.54) is 11.1 Å². The Bertz CT molecular complexity index is 395. The molecule has 0 saturated heterocycles. The third-order valence-electron chi connectivity index (χ3n) is 2.11. The Kier molecular flexibility index (Phi) is 14.1. The molecule has 0 aliphatic heterocycles. The van der Waals surface area contributed by atoms with Gasteiger partial charge < -0.3 is 0 Å². The minimum atomic E-state index is 1.08. The van der Waals surface area contributed by atoms with E-state index in [4.69, 9.17) is 0 Å². The number of hydrogen-bond acceptors (Lipinski definition) is 2. The predicted molar refractivity (Wildman–Crippen MR) is 90.1 cm³/mol. The molecule has 0 unspecified atom stereocenters. The first-order valence-electron chi connectivity index (χ1n) is 7.36. The fraction of sp³-hybridized carbons (Fsp3) is 0.444. The molecule has 0 atom stereocenters. The van der Waals surface area contributed by atoms with Crippen LogP contribution in [0.15, 0.2) is 36.7 Å². The smallest absolute Gasteiger partial charge is 0.0375 e. The molecule has 0 spiro atoms. The first-order valence-corrected chi connectivity index (χ1v) is 7.36. The van der Waals surface area contributed by atoms with Gasteiger partial charge in [-0.05, 0) is 57.0 Å². The van der Waals surface area contributed by atoms with Gasteiger partial charge in [0.2, 0.25) is 0 Å². The fourth-order valence-electron chi connectivity index (χ4n) is 1.23. The van der Waals surface area contributed by atoms with Crippen LogP contribution in [0.3, 0.4) is 0 Å². The average Bonchev–Trinajstić information content (AvgIpc) is 2.47. The molecular formula is C18H30N2. The number of hydrogen-bond donors (Lipinski definition) is 0. The molecule has 0 amide bonds. The summed E-state index contributed by atoms with van der Waals surface area (Å²) in [7, 11) is 0.